The topological polar surface area (TPSA) is 68.7 Å². The van der Waals surface area contributed by atoms with Gasteiger partial charge in [-0.1, -0.05) is 48.5 Å². The molecular weight excluding hydrogens is 346 g/mol. The van der Waals surface area contributed by atoms with Gasteiger partial charge in [0.25, 0.3) is 5.91 Å². The highest BCUT2D eigenvalue weighted by Gasteiger charge is 2.19. The standard InChI is InChI=1S/C24H19N3O/c25-14-17-10-12-19(13-11-17)24(28)27-15-21(18-6-2-1-3-7-18)22-16-26-23-9-5-4-8-20(22)23/h1-13,16,21,26H,15H2,(H,27,28)/t21-/m1/s1. The van der Waals surface area contributed by atoms with Gasteiger partial charge in [0, 0.05) is 35.1 Å². The first-order chi connectivity index (χ1) is 13.8. The number of H-pyrrole nitrogens is 1. The van der Waals surface area contributed by atoms with Crippen molar-refractivity contribution in [3.8, 4) is 6.07 Å². The lowest BCUT2D eigenvalue weighted by Gasteiger charge is -2.18. The van der Waals surface area contributed by atoms with Gasteiger partial charge in [-0.2, -0.15) is 5.26 Å². The Morgan fingerprint density at radius 1 is 0.964 bits per heavy atom. The fourth-order valence-corrected chi connectivity index (χ4v) is 3.47. The third kappa shape index (κ3) is 3.51. The highest BCUT2D eigenvalue weighted by atomic mass is 16.1. The molecule has 4 heteroatoms. The summed E-state index contributed by atoms with van der Waals surface area (Å²) in [6.45, 7) is 0.477. The van der Waals surface area contributed by atoms with E-state index in [9.17, 15) is 4.79 Å². The third-order valence-electron chi connectivity index (χ3n) is 4.94. The minimum atomic E-state index is -0.148. The normalized spacial score (nSPS) is 11.7. The monoisotopic (exact) mass is 365 g/mol. The molecule has 0 radical (unpaired) electrons. The predicted octanol–water partition coefficient (Wildman–Crippen LogP) is 4.60. The van der Waals surface area contributed by atoms with E-state index in [0.717, 1.165) is 22.0 Å². The first kappa shape index (κ1) is 17.6. The van der Waals surface area contributed by atoms with Crippen LogP contribution in [0.15, 0.2) is 85.1 Å². The summed E-state index contributed by atoms with van der Waals surface area (Å²) < 4.78 is 0. The SMILES string of the molecule is N#Cc1ccc(C(=O)NC[C@H](c2ccccc2)c2c[nH]c3ccccc23)cc1. The van der Waals surface area contributed by atoms with Gasteiger partial charge in [0.1, 0.15) is 0 Å². The molecule has 4 rings (SSSR count). The minimum absolute atomic E-state index is 0.0275. The van der Waals surface area contributed by atoms with Crippen molar-refractivity contribution in [2.24, 2.45) is 0 Å². The van der Waals surface area contributed by atoms with Crippen LogP contribution in [0, 0.1) is 11.3 Å². The molecule has 1 heterocycles. The number of aromatic amines is 1. The van der Waals surface area contributed by atoms with Crippen molar-refractivity contribution in [2.45, 2.75) is 5.92 Å². The molecule has 4 nitrogen and oxygen atoms in total. The number of hydrogen-bond donors (Lipinski definition) is 2. The lowest BCUT2D eigenvalue weighted by molar-refractivity contribution is 0.0952. The summed E-state index contributed by atoms with van der Waals surface area (Å²) in [6, 6.07) is 27.1. The third-order valence-corrected chi connectivity index (χ3v) is 4.94. The Bertz CT molecular complexity index is 1140. The summed E-state index contributed by atoms with van der Waals surface area (Å²) in [5, 5.41) is 13.1. The lowest BCUT2D eigenvalue weighted by atomic mass is 9.91. The number of para-hydroxylation sites is 1. The lowest BCUT2D eigenvalue weighted by Crippen LogP contribution is -2.28. The number of hydrogen-bond acceptors (Lipinski definition) is 2. The van der Waals surface area contributed by atoms with Crippen molar-refractivity contribution in [1.82, 2.24) is 10.3 Å². The van der Waals surface area contributed by atoms with Crippen LogP contribution in [-0.4, -0.2) is 17.4 Å². The summed E-state index contributed by atoms with van der Waals surface area (Å²) in [5.41, 5.74) is 4.47. The van der Waals surface area contributed by atoms with Crippen LogP contribution in [0.3, 0.4) is 0 Å². The number of fused-ring (bicyclic) bond motifs is 1. The number of amides is 1. The Kier molecular flexibility index (Phi) is 4.90. The van der Waals surface area contributed by atoms with Gasteiger partial charge in [-0.15, -0.1) is 0 Å². The molecule has 0 bridgehead atoms. The molecule has 0 fully saturated rings. The van der Waals surface area contributed by atoms with Gasteiger partial charge in [-0.25, -0.2) is 0 Å². The zero-order valence-electron chi connectivity index (χ0n) is 15.2. The molecule has 1 atom stereocenters. The van der Waals surface area contributed by atoms with E-state index in [0.29, 0.717) is 17.7 Å². The Morgan fingerprint density at radius 3 is 2.43 bits per heavy atom. The molecule has 1 aromatic heterocycles. The molecular formula is C24H19N3O. The number of nitriles is 1. The number of rotatable bonds is 5. The summed E-state index contributed by atoms with van der Waals surface area (Å²) in [6.07, 6.45) is 2.02. The Balaban J connectivity index is 1.61. The van der Waals surface area contributed by atoms with E-state index >= 15 is 0 Å². The highest BCUT2D eigenvalue weighted by Crippen LogP contribution is 2.30. The van der Waals surface area contributed by atoms with Crippen LogP contribution in [0.2, 0.25) is 0 Å². The second-order valence-corrected chi connectivity index (χ2v) is 6.65. The molecule has 0 aliphatic heterocycles. The van der Waals surface area contributed by atoms with Gasteiger partial charge < -0.3 is 10.3 Å². The predicted molar refractivity (Wildman–Crippen MR) is 110 cm³/mol. The molecule has 136 valence electrons. The first-order valence-corrected chi connectivity index (χ1v) is 9.15. The number of carbonyl (C=O) groups excluding carboxylic acids is 1. The molecule has 0 saturated heterocycles. The van der Waals surface area contributed by atoms with E-state index in [1.807, 2.05) is 36.5 Å². The molecule has 0 unspecified atom stereocenters. The Morgan fingerprint density at radius 2 is 1.68 bits per heavy atom. The molecule has 0 aliphatic carbocycles. The number of aromatic nitrogens is 1. The second kappa shape index (κ2) is 7.81. The van der Waals surface area contributed by atoms with Crippen LogP contribution in [-0.2, 0) is 0 Å². The van der Waals surface area contributed by atoms with E-state index in [1.54, 1.807) is 24.3 Å². The van der Waals surface area contributed by atoms with Crippen LogP contribution in [0.25, 0.3) is 10.9 Å². The average molecular weight is 365 g/mol. The maximum absolute atomic E-state index is 12.6. The molecule has 0 spiro atoms. The second-order valence-electron chi connectivity index (χ2n) is 6.65. The largest absolute Gasteiger partial charge is 0.361 e. The maximum Gasteiger partial charge on any atom is 0.251 e. The Hall–Kier alpha value is -3.84. The molecule has 0 aliphatic rings. The van der Waals surface area contributed by atoms with Gasteiger partial charge in [0.05, 0.1) is 11.6 Å². The quantitative estimate of drug-likeness (QED) is 0.543. The smallest absolute Gasteiger partial charge is 0.251 e. The van der Waals surface area contributed by atoms with Gasteiger partial charge in [0.2, 0.25) is 0 Å². The maximum atomic E-state index is 12.6. The summed E-state index contributed by atoms with van der Waals surface area (Å²) in [4.78, 5) is 15.9. The zero-order valence-corrected chi connectivity index (χ0v) is 15.2. The van der Waals surface area contributed by atoms with Crippen molar-refractivity contribution in [3.63, 3.8) is 0 Å². The number of benzene rings is 3. The van der Waals surface area contributed by atoms with Crippen molar-refractivity contribution >= 4 is 16.8 Å². The van der Waals surface area contributed by atoms with Gasteiger partial charge in [0.15, 0.2) is 0 Å². The summed E-state index contributed by atoms with van der Waals surface area (Å²) in [7, 11) is 0. The van der Waals surface area contributed by atoms with E-state index in [2.05, 4.69) is 40.6 Å². The molecule has 3 aromatic carbocycles. The van der Waals surface area contributed by atoms with Crippen LogP contribution >= 0.6 is 0 Å². The van der Waals surface area contributed by atoms with E-state index in [4.69, 9.17) is 5.26 Å². The fraction of sp³-hybridized carbons (Fsp3) is 0.0833. The van der Waals surface area contributed by atoms with Crippen molar-refractivity contribution in [2.75, 3.05) is 6.54 Å². The van der Waals surface area contributed by atoms with E-state index in [1.165, 1.54) is 0 Å². The van der Waals surface area contributed by atoms with Gasteiger partial charge >= 0.3 is 0 Å². The van der Waals surface area contributed by atoms with E-state index < -0.39 is 0 Å². The van der Waals surface area contributed by atoms with Crippen molar-refractivity contribution in [3.05, 3.63) is 107 Å². The number of nitrogens with zero attached hydrogens (tertiary/aromatic N) is 1. The van der Waals surface area contributed by atoms with Crippen LogP contribution in [0.1, 0.15) is 33.0 Å². The molecule has 4 aromatic rings. The fourth-order valence-electron chi connectivity index (χ4n) is 3.47. The summed E-state index contributed by atoms with van der Waals surface area (Å²) in [5.74, 6) is -0.120. The van der Waals surface area contributed by atoms with E-state index in [-0.39, 0.29) is 11.8 Å². The van der Waals surface area contributed by atoms with Gasteiger partial charge in [-0.3, -0.25) is 4.79 Å². The average Bonchev–Trinajstić information content (AvgIpc) is 3.19. The van der Waals surface area contributed by atoms with Gasteiger partial charge in [-0.05, 0) is 41.5 Å². The Labute approximate surface area is 163 Å². The highest BCUT2D eigenvalue weighted by molar-refractivity contribution is 5.94. The van der Waals surface area contributed by atoms with Crippen LogP contribution in [0.5, 0.6) is 0 Å². The van der Waals surface area contributed by atoms with Crippen molar-refractivity contribution < 1.29 is 4.79 Å². The first-order valence-electron chi connectivity index (χ1n) is 9.15. The number of nitrogens with one attached hydrogen (secondary N) is 2. The number of carbonyl (C=O) groups is 1. The minimum Gasteiger partial charge on any atom is -0.361 e. The molecule has 1 amide bonds. The zero-order chi connectivity index (χ0) is 19.3. The molecule has 0 saturated carbocycles. The van der Waals surface area contributed by atoms with Crippen molar-refractivity contribution in [1.29, 1.82) is 5.26 Å². The van der Waals surface area contributed by atoms with Crippen LogP contribution < -0.4 is 5.32 Å². The van der Waals surface area contributed by atoms with Crippen LogP contribution in [0.4, 0.5) is 0 Å². The molecule has 2 N–H and O–H groups in total. The molecule has 28 heavy (non-hydrogen) atoms. The summed E-state index contributed by atoms with van der Waals surface area (Å²) >= 11 is 0.